The number of carboxylic acids is 1. The van der Waals surface area contributed by atoms with Crippen molar-refractivity contribution in [3.8, 4) is 0 Å². The fraction of sp³-hybridized carbons (Fsp3) is 0.478. The van der Waals surface area contributed by atoms with Gasteiger partial charge in [-0.15, -0.1) is 11.3 Å². The fourth-order valence-electron chi connectivity index (χ4n) is 4.11. The van der Waals surface area contributed by atoms with Crippen molar-refractivity contribution in [1.82, 2.24) is 0 Å². The summed E-state index contributed by atoms with van der Waals surface area (Å²) in [4.78, 5) is 23.7. The predicted octanol–water partition coefficient (Wildman–Crippen LogP) is 4.48. The molecule has 0 aliphatic heterocycles. The first-order chi connectivity index (χ1) is 14.0. The lowest BCUT2D eigenvalue weighted by molar-refractivity contribution is -0.137. The molecule has 1 aliphatic carbocycles. The normalized spacial score (nSPS) is 23.2. The van der Waals surface area contributed by atoms with Crippen LogP contribution in [0.25, 0.3) is 10.1 Å². The number of aliphatic hydroxyl groups is 2. The Morgan fingerprint density at radius 1 is 1.28 bits per heavy atom. The van der Waals surface area contributed by atoms with Crippen LogP contribution in [0.3, 0.4) is 0 Å². The van der Waals surface area contributed by atoms with Gasteiger partial charge in [0.2, 0.25) is 0 Å². The van der Waals surface area contributed by atoms with E-state index >= 15 is 0 Å². The number of fused-ring (bicyclic) bond motifs is 1. The molecule has 1 saturated carbocycles. The largest absolute Gasteiger partial charge is 0.481 e. The zero-order valence-corrected chi connectivity index (χ0v) is 17.2. The highest BCUT2D eigenvalue weighted by molar-refractivity contribution is 7.19. The van der Waals surface area contributed by atoms with E-state index in [1.165, 1.54) is 0 Å². The molecular weight excluding hydrogens is 388 g/mol. The Kier molecular flexibility index (Phi) is 7.58. The summed E-state index contributed by atoms with van der Waals surface area (Å²) in [6, 6.07) is 10.0. The first kappa shape index (κ1) is 21.7. The fourth-order valence-corrected chi connectivity index (χ4v) is 5.19. The molecule has 0 saturated heterocycles. The van der Waals surface area contributed by atoms with Crippen molar-refractivity contribution in [3.63, 3.8) is 0 Å². The smallest absolute Gasteiger partial charge is 0.303 e. The van der Waals surface area contributed by atoms with Crippen LogP contribution in [0, 0.1) is 11.8 Å². The number of unbranched alkanes of at least 4 members (excludes halogenated alkanes) is 1. The van der Waals surface area contributed by atoms with E-state index in [-0.39, 0.29) is 30.5 Å². The molecule has 1 heterocycles. The number of ketones is 1. The molecule has 2 aromatic rings. The lowest BCUT2D eigenvalue weighted by Crippen LogP contribution is -2.21. The summed E-state index contributed by atoms with van der Waals surface area (Å²) in [6.07, 6.45) is 5.85. The van der Waals surface area contributed by atoms with Gasteiger partial charge in [-0.1, -0.05) is 30.4 Å². The quantitative estimate of drug-likeness (QED) is 0.392. The molecule has 1 aliphatic rings. The first-order valence-electron chi connectivity index (χ1n) is 10.2. The second kappa shape index (κ2) is 10.1. The van der Waals surface area contributed by atoms with Crippen LogP contribution in [0.15, 0.2) is 42.5 Å². The monoisotopic (exact) mass is 416 g/mol. The molecular formula is C23H28O5S. The molecule has 3 rings (SSSR count). The zero-order valence-electron chi connectivity index (χ0n) is 16.4. The van der Waals surface area contributed by atoms with Gasteiger partial charge in [0.1, 0.15) is 5.78 Å². The Morgan fingerprint density at radius 3 is 2.83 bits per heavy atom. The van der Waals surface area contributed by atoms with Crippen LogP contribution in [0.2, 0.25) is 0 Å². The van der Waals surface area contributed by atoms with Gasteiger partial charge in [-0.3, -0.25) is 9.59 Å². The molecule has 3 N–H and O–H groups in total. The minimum Gasteiger partial charge on any atom is -0.481 e. The van der Waals surface area contributed by atoms with E-state index in [2.05, 4.69) is 0 Å². The third kappa shape index (κ3) is 5.75. The molecule has 0 bridgehead atoms. The highest BCUT2D eigenvalue weighted by atomic mass is 32.1. The van der Waals surface area contributed by atoms with Crippen LogP contribution in [0.5, 0.6) is 0 Å². The molecule has 6 heteroatoms. The van der Waals surface area contributed by atoms with E-state index in [1.54, 1.807) is 11.3 Å². The second-order valence-electron chi connectivity index (χ2n) is 7.78. The Labute approximate surface area is 174 Å². The maximum absolute atomic E-state index is 12.3. The number of carboxylic acid groups (broad SMARTS) is 1. The molecule has 156 valence electrons. The number of aliphatic hydroxyl groups excluding tert-OH is 2. The van der Waals surface area contributed by atoms with E-state index in [0.29, 0.717) is 32.1 Å². The highest BCUT2D eigenvalue weighted by Gasteiger charge is 2.40. The molecule has 0 spiro atoms. The molecule has 5 nitrogen and oxygen atoms in total. The molecule has 1 aromatic carbocycles. The van der Waals surface area contributed by atoms with Gasteiger partial charge in [-0.25, -0.2) is 0 Å². The lowest BCUT2D eigenvalue weighted by atomic mass is 9.86. The van der Waals surface area contributed by atoms with Gasteiger partial charge in [-0.05, 0) is 55.5 Å². The Morgan fingerprint density at radius 2 is 2.07 bits per heavy atom. The van der Waals surface area contributed by atoms with Crippen LogP contribution in [0.1, 0.15) is 55.9 Å². The topological polar surface area (TPSA) is 94.8 Å². The minimum absolute atomic E-state index is 0.0778. The second-order valence-corrected chi connectivity index (χ2v) is 8.90. The number of hydrogen-bond donors (Lipinski definition) is 3. The summed E-state index contributed by atoms with van der Waals surface area (Å²) in [7, 11) is 0. The van der Waals surface area contributed by atoms with Gasteiger partial charge >= 0.3 is 5.97 Å². The third-order valence-corrected chi connectivity index (χ3v) is 6.92. The number of allylic oxidation sites excluding steroid dienone is 2. The summed E-state index contributed by atoms with van der Waals surface area (Å²) >= 11 is 1.58. The van der Waals surface area contributed by atoms with Crippen LogP contribution < -0.4 is 0 Å². The summed E-state index contributed by atoms with van der Waals surface area (Å²) in [5.74, 6) is -1.09. The van der Waals surface area contributed by atoms with E-state index in [0.717, 1.165) is 15.0 Å². The zero-order chi connectivity index (χ0) is 20.8. The number of rotatable bonds is 10. The minimum atomic E-state index is -0.801. The molecule has 1 fully saturated rings. The van der Waals surface area contributed by atoms with Crippen molar-refractivity contribution >= 4 is 33.2 Å². The van der Waals surface area contributed by atoms with Gasteiger partial charge in [0, 0.05) is 28.3 Å². The number of carbonyl (C=O) groups excluding carboxylic acids is 1. The standard InChI is InChI=1S/C23H28O5S/c24-18(22-13-15-7-5-6-9-21(15)29-22)12-11-17-16(19(25)14-20(17)26)8-3-1-2-4-10-23(27)28/h1,3,5-7,9,13,16-18,20,24,26H,2,4,8,10-12,14H2,(H,27,28)/t16-,17-,18?,20-/m1/s1. The molecule has 4 atom stereocenters. The average Bonchev–Trinajstić information content (AvgIpc) is 3.23. The highest BCUT2D eigenvalue weighted by Crippen LogP contribution is 2.38. The van der Waals surface area contributed by atoms with Crippen LogP contribution in [0.4, 0.5) is 0 Å². The average molecular weight is 417 g/mol. The summed E-state index contributed by atoms with van der Waals surface area (Å²) in [5.41, 5.74) is 0. The van der Waals surface area contributed by atoms with Crippen molar-refractivity contribution < 1.29 is 24.9 Å². The van der Waals surface area contributed by atoms with E-state index in [1.807, 2.05) is 42.5 Å². The van der Waals surface area contributed by atoms with Gasteiger partial charge in [0.25, 0.3) is 0 Å². The van der Waals surface area contributed by atoms with Gasteiger partial charge < -0.3 is 15.3 Å². The maximum atomic E-state index is 12.3. The van der Waals surface area contributed by atoms with Crippen LogP contribution >= 0.6 is 11.3 Å². The van der Waals surface area contributed by atoms with Gasteiger partial charge in [0.15, 0.2) is 0 Å². The van der Waals surface area contributed by atoms with Crippen LogP contribution in [-0.2, 0) is 9.59 Å². The SMILES string of the molecule is O=C(O)CCCC=CC[C@H]1C(=O)C[C@@H](O)[C@@H]1CCC(O)c1cc2ccccc2s1. The molecule has 29 heavy (non-hydrogen) atoms. The number of aliphatic carboxylic acids is 1. The summed E-state index contributed by atoms with van der Waals surface area (Å²) in [6.45, 7) is 0. The number of Topliss-reactive ketones (excluding diaryl/α,β-unsaturated/α-hetero) is 1. The van der Waals surface area contributed by atoms with Crippen molar-refractivity contribution in [3.05, 3.63) is 47.4 Å². The number of carbonyl (C=O) groups is 2. The van der Waals surface area contributed by atoms with E-state index in [9.17, 15) is 19.8 Å². The van der Waals surface area contributed by atoms with Crippen molar-refractivity contribution in [2.45, 2.75) is 57.2 Å². The first-order valence-corrected chi connectivity index (χ1v) is 11.0. The Bertz CT molecular complexity index is 838. The predicted molar refractivity (Wildman–Crippen MR) is 114 cm³/mol. The van der Waals surface area contributed by atoms with Crippen molar-refractivity contribution in [1.29, 1.82) is 0 Å². The molecule has 1 unspecified atom stereocenters. The number of thiophene rings is 1. The van der Waals surface area contributed by atoms with Gasteiger partial charge in [-0.2, -0.15) is 0 Å². The number of benzene rings is 1. The molecule has 0 amide bonds. The van der Waals surface area contributed by atoms with E-state index in [4.69, 9.17) is 5.11 Å². The lowest BCUT2D eigenvalue weighted by Gasteiger charge is -2.21. The number of hydrogen-bond acceptors (Lipinski definition) is 5. The Balaban J connectivity index is 1.53. The Hall–Kier alpha value is -2.02. The molecule has 1 aromatic heterocycles. The molecule has 0 radical (unpaired) electrons. The van der Waals surface area contributed by atoms with E-state index < -0.39 is 18.2 Å². The third-order valence-electron chi connectivity index (χ3n) is 5.70. The van der Waals surface area contributed by atoms with Crippen molar-refractivity contribution in [2.75, 3.05) is 0 Å². The van der Waals surface area contributed by atoms with Gasteiger partial charge in [0.05, 0.1) is 12.2 Å². The van der Waals surface area contributed by atoms with Crippen LogP contribution in [-0.4, -0.2) is 33.2 Å². The maximum Gasteiger partial charge on any atom is 0.303 e. The summed E-state index contributed by atoms with van der Waals surface area (Å²) < 4.78 is 1.14. The summed E-state index contributed by atoms with van der Waals surface area (Å²) in [5, 5.41) is 30.7. The van der Waals surface area contributed by atoms with Crippen molar-refractivity contribution in [2.24, 2.45) is 11.8 Å².